The Labute approximate surface area is 124 Å². The second-order valence-electron chi connectivity index (χ2n) is 5.72. The van der Waals surface area contributed by atoms with Gasteiger partial charge >= 0.3 is 5.97 Å². The van der Waals surface area contributed by atoms with Gasteiger partial charge in [0.25, 0.3) is 0 Å². The van der Waals surface area contributed by atoms with Gasteiger partial charge in [-0.05, 0) is 38.5 Å². The van der Waals surface area contributed by atoms with Crippen LogP contribution in [0.3, 0.4) is 0 Å². The Hall–Kier alpha value is -1.10. The standard InChI is InChI=1S/C15H24N2O2S/c1-5-9(3)12-13(14(18)19)20-15(16-12)17-10(4)7-8-11(17)6-2/h9-11H,5-8H2,1-4H3,(H,18,19). The number of hydrogen-bond acceptors (Lipinski definition) is 4. The lowest BCUT2D eigenvalue weighted by Gasteiger charge is -2.27. The molecule has 3 atom stereocenters. The lowest BCUT2D eigenvalue weighted by atomic mass is 10.0. The van der Waals surface area contributed by atoms with Crippen molar-refractivity contribution in [2.75, 3.05) is 4.90 Å². The van der Waals surface area contributed by atoms with Crippen LogP contribution in [0.1, 0.15) is 74.7 Å². The fourth-order valence-electron chi connectivity index (χ4n) is 2.93. The summed E-state index contributed by atoms with van der Waals surface area (Å²) < 4.78 is 0. The first kappa shape index (κ1) is 15.3. The Bertz CT molecular complexity index is 486. The quantitative estimate of drug-likeness (QED) is 0.888. The highest BCUT2D eigenvalue weighted by molar-refractivity contribution is 7.17. The smallest absolute Gasteiger partial charge is 0.347 e. The molecule has 2 heterocycles. The summed E-state index contributed by atoms with van der Waals surface area (Å²) in [7, 11) is 0. The molecule has 1 aromatic rings. The van der Waals surface area contributed by atoms with Gasteiger partial charge in [-0.15, -0.1) is 0 Å². The lowest BCUT2D eigenvalue weighted by Crippen LogP contribution is -2.33. The van der Waals surface area contributed by atoms with Crippen LogP contribution < -0.4 is 4.90 Å². The maximum atomic E-state index is 11.5. The van der Waals surface area contributed by atoms with Crippen LogP contribution in [0.2, 0.25) is 0 Å². The molecule has 0 aromatic carbocycles. The highest BCUT2D eigenvalue weighted by atomic mass is 32.1. The van der Waals surface area contributed by atoms with Crippen LogP contribution in [0, 0.1) is 0 Å². The summed E-state index contributed by atoms with van der Waals surface area (Å²) in [6, 6.07) is 0.958. The molecule has 1 fully saturated rings. The fraction of sp³-hybridized carbons (Fsp3) is 0.733. The van der Waals surface area contributed by atoms with E-state index >= 15 is 0 Å². The van der Waals surface area contributed by atoms with Crippen molar-refractivity contribution in [2.45, 2.75) is 71.4 Å². The van der Waals surface area contributed by atoms with Crippen LogP contribution in [0.4, 0.5) is 5.13 Å². The van der Waals surface area contributed by atoms with Crippen LogP contribution in [-0.4, -0.2) is 28.1 Å². The summed E-state index contributed by atoms with van der Waals surface area (Å²) in [5.74, 6) is -0.645. The van der Waals surface area contributed by atoms with E-state index in [9.17, 15) is 9.90 Å². The summed E-state index contributed by atoms with van der Waals surface area (Å²) >= 11 is 1.35. The molecule has 1 N–H and O–H groups in total. The Kier molecular flexibility index (Phi) is 4.68. The predicted molar refractivity (Wildman–Crippen MR) is 83.0 cm³/mol. The number of carbonyl (C=O) groups is 1. The van der Waals surface area contributed by atoms with E-state index < -0.39 is 5.97 Å². The Morgan fingerprint density at radius 1 is 1.50 bits per heavy atom. The zero-order chi connectivity index (χ0) is 14.9. The summed E-state index contributed by atoms with van der Waals surface area (Å²) in [5, 5.41) is 10.3. The number of anilines is 1. The van der Waals surface area contributed by atoms with Crippen LogP contribution in [0.25, 0.3) is 0 Å². The van der Waals surface area contributed by atoms with E-state index in [-0.39, 0.29) is 5.92 Å². The number of carboxylic acid groups (broad SMARTS) is 1. The molecule has 1 aliphatic heterocycles. The van der Waals surface area contributed by atoms with Crippen LogP contribution >= 0.6 is 11.3 Å². The number of hydrogen-bond donors (Lipinski definition) is 1. The first-order chi connectivity index (χ1) is 9.49. The molecule has 4 nitrogen and oxygen atoms in total. The first-order valence-corrected chi connectivity index (χ1v) is 8.33. The maximum Gasteiger partial charge on any atom is 0.347 e. The van der Waals surface area contributed by atoms with Crippen molar-refractivity contribution in [3.05, 3.63) is 10.6 Å². The Morgan fingerprint density at radius 3 is 2.75 bits per heavy atom. The minimum absolute atomic E-state index is 0.198. The van der Waals surface area contributed by atoms with Crippen molar-refractivity contribution in [2.24, 2.45) is 0 Å². The Balaban J connectivity index is 2.40. The second-order valence-corrected chi connectivity index (χ2v) is 6.70. The van der Waals surface area contributed by atoms with Gasteiger partial charge in [0.1, 0.15) is 4.88 Å². The highest BCUT2D eigenvalue weighted by Gasteiger charge is 2.33. The summed E-state index contributed by atoms with van der Waals surface area (Å²) in [4.78, 5) is 18.9. The first-order valence-electron chi connectivity index (χ1n) is 7.51. The number of carboxylic acids is 1. The van der Waals surface area contributed by atoms with Gasteiger partial charge < -0.3 is 10.0 Å². The number of rotatable bonds is 5. The van der Waals surface area contributed by atoms with Gasteiger partial charge in [0, 0.05) is 12.1 Å². The third kappa shape index (κ3) is 2.68. The molecule has 0 bridgehead atoms. The lowest BCUT2D eigenvalue weighted by molar-refractivity contribution is 0.0700. The van der Waals surface area contributed by atoms with Crippen molar-refractivity contribution in [3.8, 4) is 0 Å². The molecule has 1 saturated heterocycles. The SMILES string of the molecule is CCC(C)c1nc(N2C(C)CCC2CC)sc1C(=O)O. The minimum Gasteiger partial charge on any atom is -0.477 e. The van der Waals surface area contributed by atoms with E-state index in [0.717, 1.165) is 23.7 Å². The van der Waals surface area contributed by atoms with Crippen molar-refractivity contribution in [3.63, 3.8) is 0 Å². The van der Waals surface area contributed by atoms with Gasteiger partial charge in [0.05, 0.1) is 5.69 Å². The third-order valence-corrected chi connectivity index (χ3v) is 5.47. The highest BCUT2D eigenvalue weighted by Crippen LogP contribution is 2.38. The van der Waals surface area contributed by atoms with E-state index in [0.29, 0.717) is 17.0 Å². The molecule has 3 unspecified atom stereocenters. The zero-order valence-electron chi connectivity index (χ0n) is 12.7. The summed E-state index contributed by atoms with van der Waals surface area (Å²) in [5.41, 5.74) is 0.758. The molecule has 5 heteroatoms. The maximum absolute atomic E-state index is 11.5. The molecule has 0 radical (unpaired) electrons. The summed E-state index contributed by atoms with van der Waals surface area (Å²) in [6.07, 6.45) is 4.35. The molecule has 0 saturated carbocycles. The average Bonchev–Trinajstić information content (AvgIpc) is 3.00. The monoisotopic (exact) mass is 296 g/mol. The zero-order valence-corrected chi connectivity index (χ0v) is 13.5. The average molecular weight is 296 g/mol. The van der Waals surface area contributed by atoms with Gasteiger partial charge in [0.2, 0.25) is 0 Å². The Morgan fingerprint density at radius 2 is 2.20 bits per heavy atom. The number of thiazole rings is 1. The van der Waals surface area contributed by atoms with Crippen molar-refractivity contribution >= 4 is 22.4 Å². The molecule has 112 valence electrons. The molecule has 0 aliphatic carbocycles. The molecule has 1 aliphatic rings. The van der Waals surface area contributed by atoms with Crippen LogP contribution in [0.5, 0.6) is 0 Å². The van der Waals surface area contributed by atoms with E-state index in [2.05, 4.69) is 32.6 Å². The van der Waals surface area contributed by atoms with E-state index in [1.54, 1.807) is 0 Å². The normalized spacial score (nSPS) is 24.1. The van der Waals surface area contributed by atoms with Crippen LogP contribution in [0.15, 0.2) is 0 Å². The largest absolute Gasteiger partial charge is 0.477 e. The molecular weight excluding hydrogens is 272 g/mol. The molecule has 20 heavy (non-hydrogen) atoms. The molecule has 1 aromatic heterocycles. The third-order valence-electron chi connectivity index (χ3n) is 4.39. The van der Waals surface area contributed by atoms with Gasteiger partial charge in [-0.1, -0.05) is 32.1 Å². The van der Waals surface area contributed by atoms with Gasteiger partial charge in [-0.25, -0.2) is 9.78 Å². The predicted octanol–water partition coefficient (Wildman–Crippen LogP) is 4.12. The number of aromatic carboxylic acids is 1. The molecule has 0 amide bonds. The summed E-state index contributed by atoms with van der Waals surface area (Å²) in [6.45, 7) is 8.52. The number of nitrogens with zero attached hydrogens (tertiary/aromatic N) is 2. The number of aromatic nitrogens is 1. The van der Waals surface area contributed by atoms with Crippen molar-refractivity contribution in [1.29, 1.82) is 0 Å². The molecule has 0 spiro atoms. The minimum atomic E-state index is -0.844. The van der Waals surface area contributed by atoms with E-state index in [1.807, 2.05) is 0 Å². The van der Waals surface area contributed by atoms with Crippen molar-refractivity contribution < 1.29 is 9.90 Å². The fourth-order valence-corrected chi connectivity index (χ4v) is 4.13. The second kappa shape index (κ2) is 6.12. The molecular formula is C15H24N2O2S. The van der Waals surface area contributed by atoms with E-state index in [1.165, 1.54) is 24.2 Å². The van der Waals surface area contributed by atoms with Gasteiger partial charge in [-0.3, -0.25) is 0 Å². The molecule has 2 rings (SSSR count). The van der Waals surface area contributed by atoms with Crippen LogP contribution in [-0.2, 0) is 0 Å². The van der Waals surface area contributed by atoms with E-state index in [4.69, 9.17) is 4.98 Å². The topological polar surface area (TPSA) is 53.4 Å². The van der Waals surface area contributed by atoms with Gasteiger partial charge in [-0.2, -0.15) is 0 Å². The van der Waals surface area contributed by atoms with Gasteiger partial charge in [0.15, 0.2) is 5.13 Å². The van der Waals surface area contributed by atoms with Crippen molar-refractivity contribution in [1.82, 2.24) is 4.98 Å².